The summed E-state index contributed by atoms with van der Waals surface area (Å²) >= 11 is 0. The molecule has 1 unspecified atom stereocenters. The lowest BCUT2D eigenvalue weighted by molar-refractivity contribution is -0.141. The molecule has 1 rings (SSSR count). The fourth-order valence-corrected chi connectivity index (χ4v) is 2.60. The summed E-state index contributed by atoms with van der Waals surface area (Å²) in [5.74, 6) is -0.627. The summed E-state index contributed by atoms with van der Waals surface area (Å²) in [6.45, 7) is 9.23. The van der Waals surface area contributed by atoms with Gasteiger partial charge in [0.25, 0.3) is 0 Å². The lowest BCUT2D eigenvalue weighted by Crippen LogP contribution is -2.33. The Labute approximate surface area is 160 Å². The average molecular weight is 382 g/mol. The number of rotatable bonds is 8. The largest absolute Gasteiger partial charge is 0.467 e. The number of anilines is 1. The molecule has 0 spiro atoms. The minimum atomic E-state index is -0.541. The Morgan fingerprint density at radius 3 is 2.26 bits per heavy atom. The fourth-order valence-electron chi connectivity index (χ4n) is 2.60. The number of unbranched alkanes of at least 4 members (excludes halogenated alkanes) is 1. The first kappa shape index (κ1) is 22.7. The third-order valence-electron chi connectivity index (χ3n) is 3.85. The van der Waals surface area contributed by atoms with Crippen LogP contribution >= 0.6 is 0 Å². The monoisotopic (exact) mass is 382 g/mol. The van der Waals surface area contributed by atoms with E-state index >= 15 is 0 Å². The van der Waals surface area contributed by atoms with Gasteiger partial charge in [0.15, 0.2) is 0 Å². The van der Waals surface area contributed by atoms with E-state index in [1.54, 1.807) is 46.8 Å². The van der Waals surface area contributed by atoms with Gasteiger partial charge in [0, 0.05) is 12.2 Å². The summed E-state index contributed by atoms with van der Waals surface area (Å²) in [5, 5.41) is 5.80. The number of hydrogen-bond acceptors (Lipinski definition) is 5. The topological polar surface area (TPSA) is 76.7 Å². The summed E-state index contributed by atoms with van der Waals surface area (Å²) in [4.78, 5) is 23.6. The van der Waals surface area contributed by atoms with Crippen molar-refractivity contribution in [3.63, 3.8) is 0 Å². The summed E-state index contributed by atoms with van der Waals surface area (Å²) in [6.07, 6.45) is 1.46. The highest BCUT2D eigenvalue weighted by Crippen LogP contribution is 2.20. The molecule has 0 heterocycles. The molecule has 1 amide bonds. The fraction of sp³-hybridized carbons (Fsp3) is 0.600. The third-order valence-corrected chi connectivity index (χ3v) is 3.85. The molecule has 0 aliphatic heterocycles. The number of nitrogens with one attached hydrogen (secondary N) is 2. The second-order valence-corrected chi connectivity index (χ2v) is 7.57. The number of benzene rings is 1. The number of carbonyl (C=O) groups is 2. The second-order valence-electron chi connectivity index (χ2n) is 7.57. The minimum absolute atomic E-state index is 0.247. The minimum Gasteiger partial charge on any atom is -0.467 e. The van der Waals surface area contributed by atoms with Crippen molar-refractivity contribution in [1.82, 2.24) is 5.32 Å². The van der Waals surface area contributed by atoms with Crippen molar-refractivity contribution in [2.75, 3.05) is 19.0 Å². The first-order valence-corrected chi connectivity index (χ1v) is 9.11. The third kappa shape index (κ3) is 8.28. The molecule has 0 aromatic heterocycles. The van der Waals surface area contributed by atoms with Gasteiger partial charge in [0.1, 0.15) is 17.5 Å². The van der Waals surface area contributed by atoms with Crippen LogP contribution in [0.1, 0.15) is 51.2 Å². The van der Waals surface area contributed by atoms with E-state index in [-0.39, 0.29) is 11.8 Å². The lowest BCUT2D eigenvalue weighted by Gasteiger charge is -2.20. The van der Waals surface area contributed by atoms with Gasteiger partial charge in [-0.25, -0.2) is 14.0 Å². The zero-order valence-corrected chi connectivity index (χ0v) is 17.1. The van der Waals surface area contributed by atoms with Gasteiger partial charge in [-0.15, -0.1) is 0 Å². The Kier molecular flexibility index (Phi) is 8.53. The van der Waals surface area contributed by atoms with Crippen LogP contribution in [-0.4, -0.2) is 37.4 Å². The maximum atomic E-state index is 13.8. The maximum Gasteiger partial charge on any atom is 0.407 e. The van der Waals surface area contributed by atoms with Crippen LogP contribution in [0.4, 0.5) is 14.9 Å². The van der Waals surface area contributed by atoms with Crippen LogP contribution in [-0.2, 0) is 14.3 Å². The van der Waals surface area contributed by atoms with Crippen LogP contribution in [0, 0.1) is 19.7 Å². The van der Waals surface area contributed by atoms with Gasteiger partial charge in [0.05, 0.1) is 7.11 Å². The van der Waals surface area contributed by atoms with E-state index in [1.165, 1.54) is 7.11 Å². The van der Waals surface area contributed by atoms with Gasteiger partial charge >= 0.3 is 12.1 Å². The molecule has 152 valence electrons. The number of alkyl carbamates (subject to hydrolysis) is 1. The molecule has 0 saturated carbocycles. The highest BCUT2D eigenvalue weighted by Gasteiger charge is 2.20. The van der Waals surface area contributed by atoms with E-state index in [2.05, 4.69) is 10.6 Å². The molecule has 0 fully saturated rings. The normalized spacial score (nSPS) is 12.3. The average Bonchev–Trinajstić information content (AvgIpc) is 2.55. The highest BCUT2D eigenvalue weighted by atomic mass is 19.1. The number of aryl methyl sites for hydroxylation is 2. The molecule has 0 aliphatic carbocycles. The van der Waals surface area contributed by atoms with Gasteiger partial charge in [-0.05, 0) is 77.1 Å². The van der Waals surface area contributed by atoms with Crippen molar-refractivity contribution >= 4 is 17.7 Å². The van der Waals surface area contributed by atoms with E-state index in [9.17, 15) is 14.0 Å². The summed E-state index contributed by atoms with van der Waals surface area (Å²) < 4.78 is 23.8. The Morgan fingerprint density at radius 2 is 1.74 bits per heavy atom. The van der Waals surface area contributed by atoms with Crippen LogP contribution in [0.15, 0.2) is 12.1 Å². The maximum absolute atomic E-state index is 13.8. The number of amides is 1. The smallest absolute Gasteiger partial charge is 0.407 e. The number of esters is 1. The van der Waals surface area contributed by atoms with Crippen molar-refractivity contribution in [3.8, 4) is 0 Å². The molecular formula is C20H31FN2O4. The predicted molar refractivity (Wildman–Crippen MR) is 103 cm³/mol. The second kappa shape index (κ2) is 10.1. The standard InChI is InChI=1S/C20H31FN2O4/c1-13-11-15(12-14(2)17(13)21)23-16(18(24)26-6)9-7-8-10-22-19(25)27-20(3,4)5/h11-12,16,23H,7-10H2,1-6H3,(H,22,25). The van der Waals surface area contributed by atoms with Gasteiger partial charge in [-0.3, -0.25) is 0 Å². The molecule has 7 heteroatoms. The SMILES string of the molecule is COC(=O)C(CCCCNC(=O)OC(C)(C)C)Nc1cc(C)c(F)c(C)c1. The Bertz CT molecular complexity index is 633. The van der Waals surface area contributed by atoms with Gasteiger partial charge in [0.2, 0.25) is 0 Å². The van der Waals surface area contributed by atoms with Crippen LogP contribution in [0.25, 0.3) is 0 Å². The molecule has 1 aromatic rings. The Morgan fingerprint density at radius 1 is 1.15 bits per heavy atom. The molecular weight excluding hydrogens is 351 g/mol. The molecule has 0 bridgehead atoms. The molecule has 6 nitrogen and oxygen atoms in total. The van der Waals surface area contributed by atoms with E-state index in [0.717, 1.165) is 0 Å². The van der Waals surface area contributed by atoms with Gasteiger partial charge in [-0.2, -0.15) is 0 Å². The Balaban J connectivity index is 2.52. The predicted octanol–water partition coefficient (Wildman–Crippen LogP) is 4.09. The van der Waals surface area contributed by atoms with Gasteiger partial charge < -0.3 is 20.1 Å². The molecule has 27 heavy (non-hydrogen) atoms. The quantitative estimate of drug-likeness (QED) is 0.523. The molecule has 2 N–H and O–H groups in total. The molecule has 1 aromatic carbocycles. The lowest BCUT2D eigenvalue weighted by atomic mass is 10.1. The molecule has 0 radical (unpaired) electrons. The summed E-state index contributed by atoms with van der Waals surface area (Å²) in [6, 6.07) is 2.80. The number of hydrogen-bond donors (Lipinski definition) is 2. The molecule has 0 saturated heterocycles. The zero-order chi connectivity index (χ0) is 20.6. The number of methoxy groups -OCH3 is 1. The van der Waals surface area contributed by atoms with Crippen molar-refractivity contribution in [1.29, 1.82) is 0 Å². The first-order valence-electron chi connectivity index (χ1n) is 9.11. The number of ether oxygens (including phenoxy) is 2. The summed E-state index contributed by atoms with van der Waals surface area (Å²) in [7, 11) is 1.34. The van der Waals surface area contributed by atoms with Crippen molar-refractivity contribution in [3.05, 3.63) is 29.1 Å². The van der Waals surface area contributed by atoms with Gasteiger partial charge in [-0.1, -0.05) is 0 Å². The van der Waals surface area contributed by atoms with Crippen molar-refractivity contribution in [2.24, 2.45) is 0 Å². The van der Waals surface area contributed by atoms with Crippen LogP contribution in [0.2, 0.25) is 0 Å². The van der Waals surface area contributed by atoms with Crippen LogP contribution in [0.3, 0.4) is 0 Å². The van der Waals surface area contributed by atoms with E-state index < -0.39 is 17.7 Å². The van der Waals surface area contributed by atoms with Crippen LogP contribution in [0.5, 0.6) is 0 Å². The Hall–Kier alpha value is -2.31. The molecule has 1 atom stereocenters. The van der Waals surface area contributed by atoms with E-state index in [4.69, 9.17) is 9.47 Å². The highest BCUT2D eigenvalue weighted by molar-refractivity contribution is 5.79. The summed E-state index contributed by atoms with van der Waals surface area (Å²) in [5.41, 5.74) is 1.18. The van der Waals surface area contributed by atoms with E-state index in [0.29, 0.717) is 42.6 Å². The molecule has 0 aliphatic rings. The first-order chi connectivity index (χ1) is 12.5. The van der Waals surface area contributed by atoms with Crippen LogP contribution < -0.4 is 10.6 Å². The number of carbonyl (C=O) groups excluding carboxylic acids is 2. The van der Waals surface area contributed by atoms with E-state index in [1.807, 2.05) is 0 Å². The number of halogens is 1. The van der Waals surface area contributed by atoms with Crippen molar-refractivity contribution < 1.29 is 23.5 Å². The van der Waals surface area contributed by atoms with Crippen molar-refractivity contribution in [2.45, 2.75) is 65.5 Å². The zero-order valence-electron chi connectivity index (χ0n) is 17.1.